The number of amides is 1. The van der Waals surface area contributed by atoms with Gasteiger partial charge in [-0.15, -0.1) is 12.4 Å². The predicted octanol–water partition coefficient (Wildman–Crippen LogP) is 3.05. The van der Waals surface area contributed by atoms with Crippen molar-refractivity contribution in [1.82, 2.24) is 14.9 Å². The third-order valence-corrected chi connectivity index (χ3v) is 3.59. The monoisotopic (exact) mass is 386 g/mol. The van der Waals surface area contributed by atoms with Gasteiger partial charge in [-0.25, -0.2) is 4.98 Å². The Kier molecular flexibility index (Phi) is 8.16. The van der Waals surface area contributed by atoms with Crippen LogP contribution in [0.4, 0.5) is 5.95 Å². The van der Waals surface area contributed by atoms with Gasteiger partial charge in [0, 0.05) is 23.3 Å². The summed E-state index contributed by atoms with van der Waals surface area (Å²) in [6.07, 6.45) is 4.87. The van der Waals surface area contributed by atoms with Crippen molar-refractivity contribution < 1.29 is 4.79 Å². The summed E-state index contributed by atoms with van der Waals surface area (Å²) in [5.74, 6) is 0.584. The Hall–Kier alpha value is -1.37. The number of hydrogen-bond acceptors (Lipinski definition) is 3. The highest BCUT2D eigenvalue weighted by Gasteiger charge is 2.07. The van der Waals surface area contributed by atoms with E-state index >= 15 is 0 Å². The fraction of sp³-hybridized carbons (Fsp3) is 0.333. The summed E-state index contributed by atoms with van der Waals surface area (Å²) in [5.41, 5.74) is 1.15. The van der Waals surface area contributed by atoms with E-state index in [-0.39, 0.29) is 18.3 Å². The molecule has 0 unspecified atom stereocenters. The molecule has 0 aliphatic rings. The lowest BCUT2D eigenvalue weighted by Crippen LogP contribution is -2.18. The van der Waals surface area contributed by atoms with E-state index in [1.807, 2.05) is 42.1 Å². The van der Waals surface area contributed by atoms with Gasteiger partial charge in [0.05, 0.1) is 6.54 Å². The molecule has 0 saturated heterocycles. The summed E-state index contributed by atoms with van der Waals surface area (Å²) in [6, 6.07) is 8.09. The summed E-state index contributed by atoms with van der Waals surface area (Å²) < 4.78 is 2.98. The summed E-state index contributed by atoms with van der Waals surface area (Å²) in [6.45, 7) is 1.51. The van der Waals surface area contributed by atoms with Crippen LogP contribution in [0, 0.1) is 0 Å². The average Bonchev–Trinajstić information content (AvgIpc) is 2.89. The molecule has 1 aromatic heterocycles. The Labute approximate surface area is 145 Å². The second-order valence-electron chi connectivity index (χ2n) is 4.76. The molecule has 22 heavy (non-hydrogen) atoms. The number of hydrogen-bond donors (Lipinski definition) is 2. The van der Waals surface area contributed by atoms with Crippen molar-refractivity contribution in [3.63, 3.8) is 0 Å². The lowest BCUT2D eigenvalue weighted by molar-refractivity contribution is -0.116. The van der Waals surface area contributed by atoms with Crippen molar-refractivity contribution in [2.45, 2.75) is 19.4 Å². The molecule has 2 aromatic rings. The first-order chi connectivity index (χ1) is 10.2. The molecule has 1 heterocycles. The lowest BCUT2D eigenvalue weighted by Gasteiger charge is -2.09. The van der Waals surface area contributed by atoms with Crippen LogP contribution in [0.1, 0.15) is 18.4 Å². The smallest absolute Gasteiger partial charge is 0.226 e. The third kappa shape index (κ3) is 5.79. The molecule has 0 spiro atoms. The van der Waals surface area contributed by atoms with Gasteiger partial charge in [-0.3, -0.25) is 10.1 Å². The maximum atomic E-state index is 11.8. The number of nitrogens with one attached hydrogen (secondary N) is 2. The molecule has 0 aliphatic carbocycles. The average molecular weight is 388 g/mol. The minimum absolute atomic E-state index is 0. The molecular weight excluding hydrogens is 368 g/mol. The van der Waals surface area contributed by atoms with Crippen LogP contribution in [0.3, 0.4) is 0 Å². The van der Waals surface area contributed by atoms with Crippen LogP contribution >= 0.6 is 28.3 Å². The molecule has 5 nitrogen and oxygen atoms in total. The van der Waals surface area contributed by atoms with Crippen molar-refractivity contribution >= 4 is 40.2 Å². The Morgan fingerprint density at radius 3 is 2.73 bits per heavy atom. The van der Waals surface area contributed by atoms with Crippen molar-refractivity contribution in [3.05, 3.63) is 46.7 Å². The summed E-state index contributed by atoms with van der Waals surface area (Å²) in [4.78, 5) is 16.0. The highest BCUT2D eigenvalue weighted by Crippen LogP contribution is 2.14. The van der Waals surface area contributed by atoms with Crippen LogP contribution in [0.2, 0.25) is 0 Å². The molecule has 0 radical (unpaired) electrons. The van der Waals surface area contributed by atoms with Gasteiger partial charge in [-0.2, -0.15) is 0 Å². The topological polar surface area (TPSA) is 59.0 Å². The Morgan fingerprint density at radius 2 is 2.05 bits per heavy atom. The van der Waals surface area contributed by atoms with Crippen LogP contribution in [-0.2, 0) is 11.3 Å². The van der Waals surface area contributed by atoms with Crippen LogP contribution in [-0.4, -0.2) is 29.1 Å². The van der Waals surface area contributed by atoms with Crippen molar-refractivity contribution in [1.29, 1.82) is 0 Å². The standard InChI is InChI=1S/C15H19BrN4O.ClH/c1-17-8-2-3-14(21)19-15-18-9-10-20(15)11-12-4-6-13(16)7-5-12;/h4-7,9-10,17H,2-3,8,11H2,1H3,(H,18,19,21);1H. The van der Waals surface area contributed by atoms with E-state index in [4.69, 9.17) is 0 Å². The van der Waals surface area contributed by atoms with E-state index < -0.39 is 0 Å². The van der Waals surface area contributed by atoms with Crippen LogP contribution in [0.5, 0.6) is 0 Å². The normalized spacial score (nSPS) is 10.1. The van der Waals surface area contributed by atoms with Crippen LogP contribution < -0.4 is 10.6 Å². The molecule has 7 heteroatoms. The number of nitrogens with zero attached hydrogens (tertiary/aromatic N) is 2. The quantitative estimate of drug-likeness (QED) is 0.718. The molecule has 2 N–H and O–H groups in total. The summed E-state index contributed by atoms with van der Waals surface area (Å²) in [5, 5.41) is 5.88. The molecule has 2 rings (SSSR count). The van der Waals surface area contributed by atoms with Gasteiger partial charge in [0.25, 0.3) is 0 Å². The minimum atomic E-state index is -0.00601. The molecule has 120 valence electrons. The van der Waals surface area contributed by atoms with Gasteiger partial charge in [-0.1, -0.05) is 28.1 Å². The van der Waals surface area contributed by atoms with Gasteiger partial charge in [0.1, 0.15) is 0 Å². The van der Waals surface area contributed by atoms with Gasteiger partial charge in [0.2, 0.25) is 11.9 Å². The molecule has 0 saturated carbocycles. The van der Waals surface area contributed by atoms with E-state index in [9.17, 15) is 4.79 Å². The Morgan fingerprint density at radius 1 is 1.32 bits per heavy atom. The zero-order valence-electron chi connectivity index (χ0n) is 12.4. The number of carbonyl (C=O) groups is 1. The third-order valence-electron chi connectivity index (χ3n) is 3.06. The van der Waals surface area contributed by atoms with Gasteiger partial charge < -0.3 is 9.88 Å². The van der Waals surface area contributed by atoms with Crippen LogP contribution in [0.25, 0.3) is 0 Å². The first kappa shape index (κ1) is 18.7. The molecule has 1 aromatic carbocycles. The zero-order chi connectivity index (χ0) is 15.1. The van der Waals surface area contributed by atoms with E-state index in [1.54, 1.807) is 6.20 Å². The number of imidazole rings is 1. The zero-order valence-corrected chi connectivity index (χ0v) is 14.8. The van der Waals surface area contributed by atoms with Crippen LogP contribution in [0.15, 0.2) is 41.1 Å². The fourth-order valence-corrected chi connectivity index (χ4v) is 2.22. The van der Waals surface area contributed by atoms with Crippen molar-refractivity contribution in [2.24, 2.45) is 0 Å². The van der Waals surface area contributed by atoms with Crippen molar-refractivity contribution in [2.75, 3.05) is 18.9 Å². The van der Waals surface area contributed by atoms with Gasteiger partial charge in [0.15, 0.2) is 0 Å². The highest BCUT2D eigenvalue weighted by molar-refractivity contribution is 9.10. The number of benzene rings is 1. The minimum Gasteiger partial charge on any atom is -0.320 e. The molecular formula is C15H20BrClN4O. The number of rotatable bonds is 7. The van der Waals surface area contributed by atoms with E-state index in [2.05, 4.69) is 31.5 Å². The van der Waals surface area contributed by atoms with Crippen molar-refractivity contribution in [3.8, 4) is 0 Å². The molecule has 0 bridgehead atoms. The maximum absolute atomic E-state index is 11.8. The predicted molar refractivity (Wildman–Crippen MR) is 94.5 cm³/mol. The van der Waals surface area contributed by atoms with E-state index in [1.165, 1.54) is 0 Å². The number of anilines is 1. The number of halogens is 2. The number of carbonyl (C=O) groups excluding carboxylic acids is 1. The second kappa shape index (κ2) is 9.61. The van der Waals surface area contributed by atoms with E-state index in [0.717, 1.165) is 23.0 Å². The first-order valence-electron chi connectivity index (χ1n) is 6.89. The molecule has 0 atom stereocenters. The molecule has 1 amide bonds. The molecule has 0 fully saturated rings. The second-order valence-corrected chi connectivity index (χ2v) is 5.68. The SMILES string of the molecule is CNCCCC(=O)Nc1nccn1Cc1ccc(Br)cc1.Cl. The summed E-state index contributed by atoms with van der Waals surface area (Å²) >= 11 is 3.42. The first-order valence-corrected chi connectivity index (χ1v) is 7.68. The van der Waals surface area contributed by atoms with Gasteiger partial charge in [-0.05, 0) is 37.7 Å². The maximum Gasteiger partial charge on any atom is 0.226 e. The van der Waals surface area contributed by atoms with E-state index in [0.29, 0.717) is 18.9 Å². The summed E-state index contributed by atoms with van der Waals surface area (Å²) in [7, 11) is 1.88. The molecule has 0 aliphatic heterocycles. The Balaban J connectivity index is 0.00000242. The largest absolute Gasteiger partial charge is 0.320 e. The van der Waals surface area contributed by atoms with Gasteiger partial charge >= 0.3 is 0 Å². The highest BCUT2D eigenvalue weighted by atomic mass is 79.9. The Bertz CT molecular complexity index is 585. The number of aromatic nitrogens is 2. The fourth-order valence-electron chi connectivity index (χ4n) is 1.96. The lowest BCUT2D eigenvalue weighted by atomic mass is 10.2.